The molecule has 7 heteroatoms. The summed E-state index contributed by atoms with van der Waals surface area (Å²) in [4.78, 5) is 0. The van der Waals surface area contributed by atoms with Crippen LogP contribution in [0.25, 0.3) is 0 Å². The summed E-state index contributed by atoms with van der Waals surface area (Å²) in [7, 11) is 0. The lowest BCUT2D eigenvalue weighted by Crippen LogP contribution is -2.06. The minimum Gasteiger partial charge on any atom is -0.490 e. The maximum Gasteiger partial charge on any atom is 0.180 e. The van der Waals surface area contributed by atoms with Gasteiger partial charge in [-0.05, 0) is 18.6 Å². The molecule has 0 aromatic heterocycles. The van der Waals surface area contributed by atoms with Gasteiger partial charge < -0.3 is 10.5 Å². The molecule has 2 aromatic carbocycles. The second-order valence-corrected chi connectivity index (χ2v) is 5.69. The van der Waals surface area contributed by atoms with Gasteiger partial charge in [0.15, 0.2) is 16.7 Å². The van der Waals surface area contributed by atoms with E-state index in [1.165, 1.54) is 18.0 Å². The number of ether oxygens (including phenoxy) is 1. The summed E-state index contributed by atoms with van der Waals surface area (Å²) in [5, 5.41) is 7.86. The van der Waals surface area contributed by atoms with Crippen LogP contribution in [-0.2, 0) is 5.75 Å². The molecule has 0 saturated heterocycles. The maximum absolute atomic E-state index is 13.7. The molecule has 0 fully saturated rings. The Kier molecular flexibility index (Phi) is 6.74. The van der Waals surface area contributed by atoms with Crippen LogP contribution in [0.2, 0.25) is 0 Å². The van der Waals surface area contributed by atoms with Gasteiger partial charge in [-0.15, -0.1) is 5.10 Å². The molecule has 0 aliphatic heterocycles. The first-order valence-electron chi connectivity index (χ1n) is 7.25. The van der Waals surface area contributed by atoms with Gasteiger partial charge in [0.05, 0.1) is 12.8 Å². The zero-order valence-corrected chi connectivity index (χ0v) is 13.9. The van der Waals surface area contributed by atoms with Gasteiger partial charge in [0.25, 0.3) is 0 Å². The normalized spacial score (nSPS) is 11.9. The second-order valence-electron chi connectivity index (χ2n) is 4.70. The van der Waals surface area contributed by atoms with E-state index in [-0.39, 0.29) is 23.1 Å². The summed E-state index contributed by atoms with van der Waals surface area (Å²) in [6.07, 6.45) is 1.22. The molecule has 0 amide bonds. The average Bonchev–Trinajstić information content (AvgIpc) is 2.57. The molecule has 0 atom stereocenters. The topological polar surface area (TPSA) is 60.0 Å². The largest absolute Gasteiger partial charge is 0.490 e. The van der Waals surface area contributed by atoms with Crippen LogP contribution in [-0.4, -0.2) is 18.0 Å². The Morgan fingerprint density at radius 1 is 1.25 bits per heavy atom. The number of halogens is 2. The predicted octanol–water partition coefficient (Wildman–Crippen LogP) is 3.95. The Hall–Kier alpha value is -2.41. The molecule has 2 aromatic rings. The molecule has 2 rings (SSSR count). The molecule has 0 aliphatic rings. The molecule has 0 heterocycles. The molecule has 0 unspecified atom stereocenters. The maximum atomic E-state index is 13.7. The highest BCUT2D eigenvalue weighted by atomic mass is 32.2. The molecule has 0 saturated carbocycles. The number of hydrogen-bond acceptors (Lipinski definition) is 4. The average molecular weight is 349 g/mol. The van der Waals surface area contributed by atoms with E-state index in [9.17, 15) is 8.78 Å². The molecule has 2 N–H and O–H groups in total. The fraction of sp³-hybridized carbons (Fsp3) is 0.176. The van der Waals surface area contributed by atoms with E-state index in [0.717, 1.165) is 17.7 Å². The van der Waals surface area contributed by atoms with Crippen molar-refractivity contribution in [2.45, 2.75) is 12.7 Å². The molecule has 0 radical (unpaired) electrons. The summed E-state index contributed by atoms with van der Waals surface area (Å²) in [5.41, 5.74) is 7.03. The molecule has 24 heavy (non-hydrogen) atoms. The van der Waals surface area contributed by atoms with E-state index >= 15 is 0 Å². The molecule has 0 aliphatic carbocycles. The monoisotopic (exact) mass is 349 g/mol. The minimum atomic E-state index is -0.784. The summed E-state index contributed by atoms with van der Waals surface area (Å²) < 4.78 is 32.2. The Morgan fingerprint density at radius 2 is 2.00 bits per heavy atom. The molecular formula is C17H17F2N3OS. The van der Waals surface area contributed by atoms with Crippen molar-refractivity contribution in [3.05, 3.63) is 65.2 Å². The van der Waals surface area contributed by atoms with Crippen LogP contribution in [0, 0.1) is 11.6 Å². The summed E-state index contributed by atoms with van der Waals surface area (Å²) in [5.74, 6) is -0.903. The lowest BCUT2D eigenvalue weighted by atomic mass is 10.2. The van der Waals surface area contributed by atoms with Gasteiger partial charge in [-0.2, -0.15) is 5.10 Å². The summed E-state index contributed by atoms with van der Waals surface area (Å²) in [6.45, 7) is 1.96. The Morgan fingerprint density at radius 3 is 2.71 bits per heavy atom. The fourth-order valence-corrected chi connectivity index (χ4v) is 2.49. The van der Waals surface area contributed by atoms with Crippen LogP contribution >= 0.6 is 11.8 Å². The Labute approximate surface area is 143 Å². The van der Waals surface area contributed by atoms with E-state index < -0.39 is 11.6 Å². The third-order valence-electron chi connectivity index (χ3n) is 2.91. The number of nitrogens with zero attached hydrogens (tertiary/aromatic N) is 2. The predicted molar refractivity (Wildman–Crippen MR) is 94.5 cm³/mol. The lowest BCUT2D eigenvalue weighted by molar-refractivity contribution is 0.319. The second kappa shape index (κ2) is 9.02. The number of thioether (sulfide) groups is 1. The molecule has 126 valence electrons. The minimum absolute atomic E-state index is 0.0617. The first-order chi connectivity index (χ1) is 11.6. The van der Waals surface area contributed by atoms with Crippen molar-refractivity contribution < 1.29 is 13.5 Å². The summed E-state index contributed by atoms with van der Waals surface area (Å²) >= 11 is 1.32. The smallest absolute Gasteiger partial charge is 0.180 e. The Bertz CT molecular complexity index is 736. The third kappa shape index (κ3) is 5.34. The molecule has 0 bridgehead atoms. The van der Waals surface area contributed by atoms with E-state index in [1.807, 2.05) is 30.3 Å². The molecular weight excluding hydrogens is 332 g/mol. The van der Waals surface area contributed by atoms with Gasteiger partial charge in [0, 0.05) is 17.4 Å². The van der Waals surface area contributed by atoms with Crippen molar-refractivity contribution in [1.29, 1.82) is 0 Å². The zero-order valence-electron chi connectivity index (χ0n) is 13.1. The van der Waals surface area contributed by atoms with Crippen molar-refractivity contribution in [1.82, 2.24) is 0 Å². The first kappa shape index (κ1) is 17.9. The lowest BCUT2D eigenvalue weighted by Gasteiger charge is -2.07. The highest BCUT2D eigenvalue weighted by Crippen LogP contribution is 2.23. The van der Waals surface area contributed by atoms with Crippen LogP contribution in [0.4, 0.5) is 8.78 Å². The number of amidine groups is 1. The SMILES string of the molecule is CCOc1c(F)cc(F)cc1C=NN=C(N)SCc1ccccc1. The molecule has 4 nitrogen and oxygen atoms in total. The Balaban J connectivity index is 2.04. The fourth-order valence-electron chi connectivity index (χ4n) is 1.88. The van der Waals surface area contributed by atoms with Crippen molar-refractivity contribution in [2.75, 3.05) is 6.61 Å². The van der Waals surface area contributed by atoms with Crippen molar-refractivity contribution in [2.24, 2.45) is 15.9 Å². The first-order valence-corrected chi connectivity index (χ1v) is 8.23. The highest BCUT2D eigenvalue weighted by molar-refractivity contribution is 8.13. The number of rotatable bonds is 6. The van der Waals surface area contributed by atoms with Crippen molar-refractivity contribution >= 4 is 23.1 Å². The van der Waals surface area contributed by atoms with E-state index in [1.54, 1.807) is 6.92 Å². The van der Waals surface area contributed by atoms with Gasteiger partial charge in [0.2, 0.25) is 0 Å². The quantitative estimate of drug-likeness (QED) is 0.488. The highest BCUT2D eigenvalue weighted by Gasteiger charge is 2.11. The van der Waals surface area contributed by atoms with Crippen LogP contribution in [0.3, 0.4) is 0 Å². The van der Waals surface area contributed by atoms with E-state index in [2.05, 4.69) is 10.2 Å². The van der Waals surface area contributed by atoms with Crippen LogP contribution < -0.4 is 10.5 Å². The standard InChI is InChI=1S/C17H17F2N3OS/c1-2-23-16-13(8-14(18)9-15(16)19)10-21-22-17(20)24-11-12-6-4-3-5-7-12/h3-10H,2,11H2,1H3,(H2,20,22). The number of nitrogens with two attached hydrogens (primary N) is 1. The van der Waals surface area contributed by atoms with Gasteiger partial charge in [-0.3, -0.25) is 0 Å². The van der Waals surface area contributed by atoms with Crippen molar-refractivity contribution in [3.63, 3.8) is 0 Å². The van der Waals surface area contributed by atoms with Gasteiger partial charge >= 0.3 is 0 Å². The summed E-state index contributed by atoms with van der Waals surface area (Å²) in [6, 6.07) is 11.7. The van der Waals surface area contributed by atoms with E-state index in [0.29, 0.717) is 5.75 Å². The third-order valence-corrected chi connectivity index (χ3v) is 3.76. The van der Waals surface area contributed by atoms with Crippen LogP contribution in [0.5, 0.6) is 5.75 Å². The van der Waals surface area contributed by atoms with Gasteiger partial charge in [-0.1, -0.05) is 42.1 Å². The van der Waals surface area contributed by atoms with Crippen LogP contribution in [0.1, 0.15) is 18.1 Å². The zero-order chi connectivity index (χ0) is 17.4. The number of hydrogen-bond donors (Lipinski definition) is 1. The van der Waals surface area contributed by atoms with E-state index in [4.69, 9.17) is 10.5 Å². The van der Waals surface area contributed by atoms with Crippen LogP contribution in [0.15, 0.2) is 52.7 Å². The molecule has 0 spiro atoms. The van der Waals surface area contributed by atoms with Gasteiger partial charge in [0.1, 0.15) is 5.82 Å². The van der Waals surface area contributed by atoms with Crippen molar-refractivity contribution in [3.8, 4) is 5.75 Å². The number of benzene rings is 2. The van der Waals surface area contributed by atoms with Gasteiger partial charge in [-0.25, -0.2) is 8.78 Å².